The quantitative estimate of drug-likeness (QED) is 0.761. The number of carbonyl (C=O) groups excluding carboxylic acids is 1. The average Bonchev–Trinajstić information content (AvgIpc) is 2.30. The molecule has 0 saturated heterocycles. The van der Waals surface area contributed by atoms with Crippen LogP contribution in [0.25, 0.3) is 11.3 Å². The lowest BCUT2D eigenvalue weighted by atomic mass is 10.1. The van der Waals surface area contributed by atoms with Crippen LogP contribution in [-0.2, 0) is 0 Å². The fraction of sp³-hybridized carbons (Fsp3) is 0. The van der Waals surface area contributed by atoms with Crippen molar-refractivity contribution >= 4 is 28.4 Å². The molecular weight excluding hydrogens is 245 g/mol. The molecule has 0 aliphatic rings. The van der Waals surface area contributed by atoms with Crippen molar-refractivity contribution < 1.29 is 4.79 Å². The molecule has 0 aliphatic heterocycles. The SMILES string of the molecule is O=C(Cl)c1cc(-c2ccccn2)ccc1Cl. The van der Waals surface area contributed by atoms with E-state index in [9.17, 15) is 4.79 Å². The topological polar surface area (TPSA) is 30.0 Å². The highest BCUT2D eigenvalue weighted by Crippen LogP contribution is 2.24. The highest BCUT2D eigenvalue weighted by atomic mass is 35.5. The summed E-state index contributed by atoms with van der Waals surface area (Å²) in [7, 11) is 0. The molecule has 1 heterocycles. The number of aromatic nitrogens is 1. The van der Waals surface area contributed by atoms with Crippen LogP contribution in [-0.4, -0.2) is 10.2 Å². The highest BCUT2D eigenvalue weighted by Gasteiger charge is 2.09. The molecular formula is C12H7Cl2NO. The first-order valence-electron chi connectivity index (χ1n) is 4.59. The van der Waals surface area contributed by atoms with Crippen molar-refractivity contribution in [3.8, 4) is 11.3 Å². The number of benzene rings is 1. The molecule has 80 valence electrons. The van der Waals surface area contributed by atoms with Crippen molar-refractivity contribution in [3.63, 3.8) is 0 Å². The minimum atomic E-state index is -0.567. The van der Waals surface area contributed by atoms with Gasteiger partial charge < -0.3 is 0 Å². The molecule has 2 nitrogen and oxygen atoms in total. The maximum absolute atomic E-state index is 11.1. The molecule has 16 heavy (non-hydrogen) atoms. The van der Waals surface area contributed by atoms with E-state index >= 15 is 0 Å². The summed E-state index contributed by atoms with van der Waals surface area (Å²) >= 11 is 11.3. The van der Waals surface area contributed by atoms with Gasteiger partial charge in [0, 0.05) is 11.8 Å². The third kappa shape index (κ3) is 2.23. The minimum absolute atomic E-state index is 0.298. The Morgan fingerprint density at radius 2 is 2.00 bits per heavy atom. The van der Waals surface area contributed by atoms with Crippen molar-refractivity contribution in [2.45, 2.75) is 0 Å². The number of hydrogen-bond donors (Lipinski definition) is 0. The molecule has 1 aromatic heterocycles. The Hall–Kier alpha value is -1.38. The minimum Gasteiger partial charge on any atom is -0.276 e. The van der Waals surface area contributed by atoms with Gasteiger partial charge in [0.2, 0.25) is 0 Å². The van der Waals surface area contributed by atoms with Crippen LogP contribution in [0, 0.1) is 0 Å². The average molecular weight is 252 g/mol. The summed E-state index contributed by atoms with van der Waals surface area (Å²) in [6, 6.07) is 10.6. The second-order valence-corrected chi connectivity index (χ2v) is 3.93. The fourth-order valence-electron chi connectivity index (χ4n) is 1.37. The van der Waals surface area contributed by atoms with Crippen molar-refractivity contribution in [2.75, 3.05) is 0 Å². The van der Waals surface area contributed by atoms with Crippen LogP contribution in [0.15, 0.2) is 42.6 Å². The molecule has 2 aromatic rings. The zero-order valence-corrected chi connectivity index (χ0v) is 9.66. The summed E-state index contributed by atoms with van der Waals surface area (Å²) in [6.07, 6.45) is 1.69. The molecule has 0 N–H and O–H groups in total. The van der Waals surface area contributed by atoms with Crippen LogP contribution in [0.4, 0.5) is 0 Å². The van der Waals surface area contributed by atoms with E-state index in [2.05, 4.69) is 4.98 Å². The third-order valence-corrected chi connectivity index (χ3v) is 2.67. The Morgan fingerprint density at radius 3 is 2.62 bits per heavy atom. The summed E-state index contributed by atoms with van der Waals surface area (Å²) < 4.78 is 0. The van der Waals surface area contributed by atoms with E-state index in [4.69, 9.17) is 23.2 Å². The second-order valence-electron chi connectivity index (χ2n) is 3.18. The lowest BCUT2D eigenvalue weighted by Gasteiger charge is -2.03. The van der Waals surface area contributed by atoms with Gasteiger partial charge in [-0.05, 0) is 35.9 Å². The first-order valence-corrected chi connectivity index (χ1v) is 5.35. The van der Waals surface area contributed by atoms with E-state index in [1.165, 1.54) is 0 Å². The molecule has 1 aromatic carbocycles. The monoisotopic (exact) mass is 251 g/mol. The van der Waals surface area contributed by atoms with Gasteiger partial charge in [-0.2, -0.15) is 0 Å². The predicted molar refractivity (Wildman–Crippen MR) is 64.9 cm³/mol. The van der Waals surface area contributed by atoms with Crippen LogP contribution in [0.1, 0.15) is 10.4 Å². The molecule has 0 fully saturated rings. The van der Waals surface area contributed by atoms with Crippen LogP contribution >= 0.6 is 23.2 Å². The maximum atomic E-state index is 11.1. The molecule has 0 amide bonds. The summed E-state index contributed by atoms with van der Waals surface area (Å²) in [6.45, 7) is 0. The fourth-order valence-corrected chi connectivity index (χ4v) is 1.78. The standard InChI is InChI=1S/C12H7Cl2NO/c13-10-5-4-8(7-9(10)12(14)16)11-3-1-2-6-15-11/h1-7H. The largest absolute Gasteiger partial charge is 0.276 e. The van der Waals surface area contributed by atoms with Crippen molar-refractivity contribution in [1.82, 2.24) is 4.98 Å². The lowest BCUT2D eigenvalue weighted by Crippen LogP contribution is -1.92. The van der Waals surface area contributed by atoms with Crippen molar-refractivity contribution in [3.05, 3.63) is 53.2 Å². The second kappa shape index (κ2) is 4.64. The van der Waals surface area contributed by atoms with Gasteiger partial charge >= 0.3 is 0 Å². The highest BCUT2D eigenvalue weighted by molar-refractivity contribution is 6.68. The van der Waals surface area contributed by atoms with Crippen molar-refractivity contribution in [1.29, 1.82) is 0 Å². The van der Waals surface area contributed by atoms with Gasteiger partial charge in [-0.1, -0.05) is 23.7 Å². The Bertz CT molecular complexity index is 526. The number of hydrogen-bond acceptors (Lipinski definition) is 2. The van der Waals surface area contributed by atoms with E-state index in [-0.39, 0.29) is 0 Å². The predicted octanol–water partition coefficient (Wildman–Crippen LogP) is 3.78. The van der Waals surface area contributed by atoms with Gasteiger partial charge in [0.15, 0.2) is 0 Å². The maximum Gasteiger partial charge on any atom is 0.253 e. The summed E-state index contributed by atoms with van der Waals surface area (Å²) in [5, 5.41) is -0.220. The first kappa shape index (κ1) is 11.1. The first-order chi connectivity index (χ1) is 7.68. The van der Waals surface area contributed by atoms with Gasteiger partial charge in [-0.25, -0.2) is 0 Å². The Balaban J connectivity index is 2.52. The van der Waals surface area contributed by atoms with Gasteiger partial charge in [0.25, 0.3) is 5.24 Å². The summed E-state index contributed by atoms with van der Waals surface area (Å²) in [5.41, 5.74) is 1.89. The molecule has 0 aliphatic carbocycles. The number of rotatable bonds is 2. The van der Waals surface area contributed by atoms with Crippen molar-refractivity contribution in [2.24, 2.45) is 0 Å². The Labute approximate surface area is 103 Å². The molecule has 0 unspecified atom stereocenters. The van der Waals surface area contributed by atoms with Gasteiger partial charge in [0.1, 0.15) is 0 Å². The Kier molecular flexibility index (Phi) is 3.22. The van der Waals surface area contributed by atoms with Gasteiger partial charge in [-0.3, -0.25) is 9.78 Å². The zero-order valence-electron chi connectivity index (χ0n) is 8.15. The van der Waals surface area contributed by atoms with E-state index in [0.29, 0.717) is 10.6 Å². The van der Waals surface area contributed by atoms with Crippen LogP contribution in [0.3, 0.4) is 0 Å². The van der Waals surface area contributed by atoms with E-state index in [1.54, 1.807) is 24.4 Å². The molecule has 4 heteroatoms. The lowest BCUT2D eigenvalue weighted by molar-refractivity contribution is 0.108. The molecule has 0 saturated carbocycles. The smallest absolute Gasteiger partial charge is 0.253 e. The van der Waals surface area contributed by atoms with Crippen LogP contribution in [0.5, 0.6) is 0 Å². The normalized spacial score (nSPS) is 10.1. The number of carbonyl (C=O) groups is 1. The summed E-state index contributed by atoms with van der Waals surface area (Å²) in [5.74, 6) is 0. The number of pyridine rings is 1. The molecule has 2 rings (SSSR count). The molecule has 0 atom stereocenters. The van der Waals surface area contributed by atoms with E-state index in [0.717, 1.165) is 11.3 Å². The molecule has 0 spiro atoms. The molecule has 0 radical (unpaired) electrons. The number of halogens is 2. The van der Waals surface area contributed by atoms with Gasteiger partial charge in [-0.15, -0.1) is 0 Å². The van der Waals surface area contributed by atoms with Gasteiger partial charge in [0.05, 0.1) is 16.3 Å². The third-order valence-electron chi connectivity index (χ3n) is 2.14. The Morgan fingerprint density at radius 1 is 1.19 bits per heavy atom. The zero-order chi connectivity index (χ0) is 11.5. The van der Waals surface area contributed by atoms with E-state index in [1.807, 2.05) is 18.2 Å². The van der Waals surface area contributed by atoms with Crippen LogP contribution in [0.2, 0.25) is 5.02 Å². The summed E-state index contributed by atoms with van der Waals surface area (Å²) in [4.78, 5) is 15.3. The number of nitrogens with zero attached hydrogens (tertiary/aromatic N) is 1. The van der Waals surface area contributed by atoms with Crippen LogP contribution < -0.4 is 0 Å². The molecule has 0 bridgehead atoms. The van der Waals surface area contributed by atoms with E-state index < -0.39 is 5.24 Å².